The van der Waals surface area contributed by atoms with Crippen molar-refractivity contribution in [3.63, 3.8) is 0 Å². The molecule has 2 aromatic carbocycles. The van der Waals surface area contributed by atoms with Gasteiger partial charge in [-0.3, -0.25) is 4.79 Å². The van der Waals surface area contributed by atoms with Gasteiger partial charge >= 0.3 is 6.36 Å². The van der Waals surface area contributed by atoms with Crippen molar-refractivity contribution in [2.45, 2.75) is 18.9 Å². The van der Waals surface area contributed by atoms with Crippen molar-refractivity contribution >= 4 is 16.8 Å². The van der Waals surface area contributed by atoms with Crippen molar-refractivity contribution in [1.82, 2.24) is 9.88 Å². The zero-order valence-electron chi connectivity index (χ0n) is 15.2. The summed E-state index contributed by atoms with van der Waals surface area (Å²) < 4.78 is 46.5. The molecule has 3 aromatic rings. The van der Waals surface area contributed by atoms with Gasteiger partial charge in [0.1, 0.15) is 11.9 Å². The van der Waals surface area contributed by atoms with Gasteiger partial charge in [-0.2, -0.15) is 0 Å². The minimum atomic E-state index is -4.76. The van der Waals surface area contributed by atoms with Crippen LogP contribution in [-0.4, -0.2) is 41.3 Å². The molecule has 0 bridgehead atoms. The third-order valence-electron chi connectivity index (χ3n) is 4.63. The molecule has 0 aliphatic carbocycles. The molecule has 0 N–H and O–H groups in total. The Balaban J connectivity index is 1.38. The van der Waals surface area contributed by atoms with Crippen molar-refractivity contribution in [1.29, 1.82) is 0 Å². The second-order valence-corrected chi connectivity index (χ2v) is 6.69. The molecule has 0 saturated carbocycles. The van der Waals surface area contributed by atoms with E-state index in [1.807, 2.05) is 30.3 Å². The predicted octanol–water partition coefficient (Wildman–Crippen LogP) is 4.43. The van der Waals surface area contributed by atoms with Gasteiger partial charge in [-0.05, 0) is 36.4 Å². The molecule has 1 saturated heterocycles. The number of carbonyl (C=O) groups is 1. The summed E-state index contributed by atoms with van der Waals surface area (Å²) in [7, 11) is 0. The van der Waals surface area contributed by atoms with Crippen LogP contribution in [0, 0.1) is 0 Å². The third kappa shape index (κ3) is 4.59. The number of rotatable bonds is 4. The molecule has 0 spiro atoms. The number of para-hydroxylation sites is 1. The lowest BCUT2D eigenvalue weighted by Crippen LogP contribution is -2.31. The summed E-state index contributed by atoms with van der Waals surface area (Å²) >= 11 is 0. The van der Waals surface area contributed by atoms with Crippen LogP contribution in [-0.2, 0) is 0 Å². The number of alkyl halides is 3. The highest BCUT2D eigenvalue weighted by molar-refractivity contribution is 5.94. The quantitative estimate of drug-likeness (QED) is 0.648. The summed E-state index contributed by atoms with van der Waals surface area (Å²) in [5, 5.41) is 1.01. The van der Waals surface area contributed by atoms with Crippen LogP contribution in [0.25, 0.3) is 10.9 Å². The molecule has 1 aliphatic heterocycles. The Morgan fingerprint density at radius 1 is 1.03 bits per heavy atom. The monoisotopic (exact) mass is 402 g/mol. The van der Waals surface area contributed by atoms with Crippen molar-refractivity contribution in [2.75, 3.05) is 13.1 Å². The van der Waals surface area contributed by atoms with Gasteiger partial charge in [0.15, 0.2) is 0 Å². The molecule has 1 fully saturated rings. The molecule has 1 amide bonds. The van der Waals surface area contributed by atoms with Crippen molar-refractivity contribution in [3.05, 3.63) is 66.2 Å². The molecule has 0 radical (unpaired) electrons. The Hall–Kier alpha value is -3.29. The maximum absolute atomic E-state index is 12.6. The Morgan fingerprint density at radius 2 is 1.79 bits per heavy atom. The minimum absolute atomic E-state index is 0.194. The largest absolute Gasteiger partial charge is 0.573 e. The van der Waals surface area contributed by atoms with E-state index < -0.39 is 6.36 Å². The van der Waals surface area contributed by atoms with E-state index in [9.17, 15) is 18.0 Å². The second-order valence-electron chi connectivity index (χ2n) is 6.69. The normalized spacial score (nSPS) is 16.8. The molecule has 8 heteroatoms. The fraction of sp³-hybridized carbons (Fsp3) is 0.238. The number of fused-ring (bicyclic) bond motifs is 1. The number of likely N-dealkylation sites (tertiary alicyclic amines) is 1. The van der Waals surface area contributed by atoms with Gasteiger partial charge in [-0.1, -0.05) is 18.2 Å². The van der Waals surface area contributed by atoms with Crippen molar-refractivity contribution < 1.29 is 27.4 Å². The highest BCUT2D eigenvalue weighted by Crippen LogP contribution is 2.24. The summed E-state index contributed by atoms with van der Waals surface area (Å²) in [6, 6.07) is 16.3. The molecule has 4 rings (SSSR count). The highest BCUT2D eigenvalue weighted by atomic mass is 19.4. The van der Waals surface area contributed by atoms with E-state index in [1.54, 1.807) is 11.0 Å². The number of halogens is 3. The maximum Gasteiger partial charge on any atom is 0.573 e. The van der Waals surface area contributed by atoms with E-state index in [2.05, 4.69) is 9.72 Å². The summed E-state index contributed by atoms with van der Waals surface area (Å²) in [6.07, 6.45) is -4.31. The Bertz CT molecular complexity index is 1020. The molecule has 1 unspecified atom stereocenters. The molecular weight excluding hydrogens is 385 g/mol. The van der Waals surface area contributed by atoms with Gasteiger partial charge in [-0.15, -0.1) is 13.2 Å². The number of hydrogen-bond acceptors (Lipinski definition) is 4. The number of aromatic nitrogens is 1. The topological polar surface area (TPSA) is 51.7 Å². The molecule has 5 nitrogen and oxygen atoms in total. The van der Waals surface area contributed by atoms with Crippen LogP contribution in [0.3, 0.4) is 0 Å². The van der Waals surface area contributed by atoms with Crippen LogP contribution < -0.4 is 9.47 Å². The standard InChI is InChI=1S/C21H17F3N2O3/c22-21(23,24)29-16-8-5-15(6-9-16)20(27)26-12-11-17(13-26)28-19-10-7-14-3-1-2-4-18(14)25-19/h1-10,17H,11-13H2. The van der Waals surface area contributed by atoms with Crippen LogP contribution in [0.2, 0.25) is 0 Å². The van der Waals surface area contributed by atoms with Gasteiger partial charge < -0.3 is 14.4 Å². The van der Waals surface area contributed by atoms with E-state index in [-0.39, 0.29) is 17.8 Å². The molecule has 1 atom stereocenters. The number of ether oxygens (including phenoxy) is 2. The smallest absolute Gasteiger partial charge is 0.472 e. The predicted molar refractivity (Wildman–Crippen MR) is 99.8 cm³/mol. The minimum Gasteiger partial charge on any atom is -0.472 e. The lowest BCUT2D eigenvalue weighted by atomic mass is 10.2. The van der Waals surface area contributed by atoms with Crippen LogP contribution in [0.15, 0.2) is 60.7 Å². The van der Waals surface area contributed by atoms with Gasteiger partial charge in [0.2, 0.25) is 5.88 Å². The van der Waals surface area contributed by atoms with Gasteiger partial charge in [0, 0.05) is 30.0 Å². The van der Waals surface area contributed by atoms with E-state index >= 15 is 0 Å². The summed E-state index contributed by atoms with van der Waals surface area (Å²) in [5.74, 6) is -0.128. The zero-order valence-corrected chi connectivity index (χ0v) is 15.2. The van der Waals surface area contributed by atoms with Crippen LogP contribution >= 0.6 is 0 Å². The molecule has 150 valence electrons. The lowest BCUT2D eigenvalue weighted by molar-refractivity contribution is -0.274. The van der Waals surface area contributed by atoms with E-state index in [1.165, 1.54) is 12.1 Å². The Labute approximate surface area is 164 Å². The maximum atomic E-state index is 12.6. The van der Waals surface area contributed by atoms with Crippen LogP contribution in [0.5, 0.6) is 11.6 Å². The van der Waals surface area contributed by atoms with E-state index in [0.29, 0.717) is 31.0 Å². The van der Waals surface area contributed by atoms with Crippen LogP contribution in [0.1, 0.15) is 16.8 Å². The first-order valence-electron chi connectivity index (χ1n) is 9.05. The number of nitrogens with zero attached hydrogens (tertiary/aromatic N) is 2. The lowest BCUT2D eigenvalue weighted by Gasteiger charge is -2.17. The number of carbonyl (C=O) groups excluding carboxylic acids is 1. The molecular formula is C21H17F3N2O3. The van der Waals surface area contributed by atoms with Gasteiger partial charge in [0.05, 0.1) is 12.1 Å². The Morgan fingerprint density at radius 3 is 2.55 bits per heavy atom. The van der Waals surface area contributed by atoms with Gasteiger partial charge in [-0.25, -0.2) is 4.98 Å². The van der Waals surface area contributed by atoms with E-state index in [4.69, 9.17) is 4.74 Å². The zero-order chi connectivity index (χ0) is 20.4. The SMILES string of the molecule is O=C(c1ccc(OC(F)(F)F)cc1)N1CCC(Oc2ccc3ccccc3n2)C1. The third-order valence-corrected chi connectivity index (χ3v) is 4.63. The van der Waals surface area contributed by atoms with Gasteiger partial charge in [0.25, 0.3) is 5.91 Å². The van der Waals surface area contributed by atoms with Crippen LogP contribution in [0.4, 0.5) is 13.2 Å². The number of benzene rings is 2. The number of amides is 1. The molecule has 1 aliphatic rings. The fourth-order valence-corrected chi connectivity index (χ4v) is 3.27. The van der Waals surface area contributed by atoms with Crippen molar-refractivity contribution in [2.24, 2.45) is 0 Å². The first-order chi connectivity index (χ1) is 13.9. The second kappa shape index (κ2) is 7.62. The first kappa shape index (κ1) is 19.0. The molecule has 1 aromatic heterocycles. The summed E-state index contributed by atoms with van der Waals surface area (Å²) in [6.45, 7) is 0.881. The summed E-state index contributed by atoms with van der Waals surface area (Å²) in [4.78, 5) is 18.7. The number of hydrogen-bond donors (Lipinski definition) is 0. The average Bonchev–Trinajstić information content (AvgIpc) is 3.15. The average molecular weight is 402 g/mol. The fourth-order valence-electron chi connectivity index (χ4n) is 3.27. The van der Waals surface area contributed by atoms with E-state index in [0.717, 1.165) is 23.0 Å². The molecule has 2 heterocycles. The molecule has 29 heavy (non-hydrogen) atoms. The number of pyridine rings is 1. The van der Waals surface area contributed by atoms with Crippen molar-refractivity contribution in [3.8, 4) is 11.6 Å². The summed E-state index contributed by atoms with van der Waals surface area (Å²) in [5.41, 5.74) is 1.13. The highest BCUT2D eigenvalue weighted by Gasteiger charge is 2.32. The first-order valence-corrected chi connectivity index (χ1v) is 9.05. The Kier molecular flexibility index (Phi) is 5.00.